The number of halogens is 3. The number of rotatable bonds is 3. The minimum absolute atomic E-state index is 0.192. The number of ether oxygens (including phenoxy) is 1. The summed E-state index contributed by atoms with van der Waals surface area (Å²) in [5.74, 6) is -0.151. The molecule has 4 rings (SSSR count). The second-order valence-corrected chi connectivity index (χ2v) is 6.67. The number of aryl methyl sites for hydroxylation is 1. The Balaban J connectivity index is 1.63. The van der Waals surface area contributed by atoms with E-state index >= 15 is 0 Å². The number of carbonyl (C=O) groups is 1. The Hall–Kier alpha value is -3.42. The smallest absolute Gasteiger partial charge is 0.416 e. The van der Waals surface area contributed by atoms with Crippen LogP contribution in [0.15, 0.2) is 55.0 Å². The molecule has 5 nitrogen and oxygen atoms in total. The lowest BCUT2D eigenvalue weighted by Gasteiger charge is -2.29. The minimum Gasteiger partial charge on any atom is -0.439 e. The van der Waals surface area contributed by atoms with Gasteiger partial charge in [0.1, 0.15) is 5.75 Å². The first-order chi connectivity index (χ1) is 13.8. The van der Waals surface area contributed by atoms with Gasteiger partial charge >= 0.3 is 6.18 Å². The van der Waals surface area contributed by atoms with Gasteiger partial charge in [0.05, 0.1) is 17.4 Å². The monoisotopic (exact) mass is 399 g/mol. The SMILES string of the molecule is Cc1ccncc1N1CCc2ccc(Oc3cc(C(F)(F)F)ccn3)cc2C1=O. The van der Waals surface area contributed by atoms with Crippen molar-refractivity contribution in [1.82, 2.24) is 9.97 Å². The summed E-state index contributed by atoms with van der Waals surface area (Å²) in [6.45, 7) is 2.42. The molecule has 0 atom stereocenters. The Morgan fingerprint density at radius 2 is 1.93 bits per heavy atom. The van der Waals surface area contributed by atoms with Crippen LogP contribution in [0.3, 0.4) is 0 Å². The van der Waals surface area contributed by atoms with Crippen LogP contribution in [-0.4, -0.2) is 22.4 Å². The highest BCUT2D eigenvalue weighted by Gasteiger charge is 2.31. The van der Waals surface area contributed by atoms with Gasteiger partial charge in [-0.3, -0.25) is 9.78 Å². The van der Waals surface area contributed by atoms with Crippen molar-refractivity contribution in [2.75, 3.05) is 11.4 Å². The summed E-state index contributed by atoms with van der Waals surface area (Å²) in [4.78, 5) is 22.6. The van der Waals surface area contributed by atoms with E-state index in [2.05, 4.69) is 9.97 Å². The maximum Gasteiger partial charge on any atom is 0.416 e. The van der Waals surface area contributed by atoms with Crippen molar-refractivity contribution < 1.29 is 22.7 Å². The van der Waals surface area contributed by atoms with Crippen molar-refractivity contribution in [2.45, 2.75) is 19.5 Å². The van der Waals surface area contributed by atoms with Crippen molar-refractivity contribution >= 4 is 11.6 Å². The number of amides is 1. The predicted molar refractivity (Wildman–Crippen MR) is 100 cm³/mol. The lowest BCUT2D eigenvalue weighted by Crippen LogP contribution is -2.38. The van der Waals surface area contributed by atoms with Crippen LogP contribution in [0.25, 0.3) is 0 Å². The Morgan fingerprint density at radius 3 is 2.69 bits per heavy atom. The van der Waals surface area contributed by atoms with Crippen LogP contribution in [0.2, 0.25) is 0 Å². The lowest BCUT2D eigenvalue weighted by atomic mass is 9.98. The summed E-state index contributed by atoms with van der Waals surface area (Å²) < 4.78 is 44.1. The molecule has 3 heterocycles. The number of alkyl halides is 3. The summed E-state index contributed by atoms with van der Waals surface area (Å²) in [5, 5.41) is 0. The van der Waals surface area contributed by atoms with Gasteiger partial charge in [-0.25, -0.2) is 4.98 Å². The molecule has 0 N–H and O–H groups in total. The molecule has 1 aromatic carbocycles. The van der Waals surface area contributed by atoms with E-state index in [0.29, 0.717) is 18.5 Å². The van der Waals surface area contributed by atoms with Crippen LogP contribution >= 0.6 is 0 Å². The summed E-state index contributed by atoms with van der Waals surface area (Å²) >= 11 is 0. The van der Waals surface area contributed by atoms with Gasteiger partial charge < -0.3 is 9.64 Å². The fourth-order valence-corrected chi connectivity index (χ4v) is 3.25. The van der Waals surface area contributed by atoms with E-state index in [1.54, 1.807) is 29.4 Å². The van der Waals surface area contributed by atoms with Crippen LogP contribution in [0.1, 0.15) is 27.0 Å². The third kappa shape index (κ3) is 3.78. The van der Waals surface area contributed by atoms with E-state index in [1.165, 1.54) is 6.07 Å². The summed E-state index contributed by atoms with van der Waals surface area (Å²) in [6.07, 6.45) is 0.501. The zero-order valence-electron chi connectivity index (χ0n) is 15.4. The molecule has 148 valence electrons. The third-order valence-corrected chi connectivity index (χ3v) is 4.75. The predicted octanol–water partition coefficient (Wildman–Crippen LogP) is 4.80. The van der Waals surface area contributed by atoms with Crippen molar-refractivity contribution in [3.8, 4) is 11.6 Å². The van der Waals surface area contributed by atoms with E-state index in [9.17, 15) is 18.0 Å². The van der Waals surface area contributed by atoms with Gasteiger partial charge in [0, 0.05) is 30.6 Å². The quantitative estimate of drug-likeness (QED) is 0.635. The highest BCUT2D eigenvalue weighted by molar-refractivity contribution is 6.08. The van der Waals surface area contributed by atoms with E-state index in [-0.39, 0.29) is 17.5 Å². The molecule has 8 heteroatoms. The molecule has 0 saturated heterocycles. The van der Waals surface area contributed by atoms with Gasteiger partial charge in [-0.05, 0) is 48.7 Å². The van der Waals surface area contributed by atoms with Crippen LogP contribution in [-0.2, 0) is 12.6 Å². The molecule has 0 saturated carbocycles. The first kappa shape index (κ1) is 18.9. The molecule has 0 fully saturated rings. The van der Waals surface area contributed by atoms with Crippen molar-refractivity contribution in [3.05, 3.63) is 77.2 Å². The molecule has 3 aromatic rings. The average molecular weight is 399 g/mol. The van der Waals surface area contributed by atoms with E-state index in [1.807, 2.05) is 13.0 Å². The molecular formula is C21H16F3N3O2. The number of fused-ring (bicyclic) bond motifs is 1. The molecule has 0 bridgehead atoms. The van der Waals surface area contributed by atoms with Crippen LogP contribution in [0.5, 0.6) is 11.6 Å². The highest BCUT2D eigenvalue weighted by Crippen LogP contribution is 2.33. The Bertz CT molecular complexity index is 1080. The molecular weight excluding hydrogens is 383 g/mol. The fourth-order valence-electron chi connectivity index (χ4n) is 3.25. The first-order valence-corrected chi connectivity index (χ1v) is 8.89. The summed E-state index contributed by atoms with van der Waals surface area (Å²) in [5.41, 5.74) is 2.11. The van der Waals surface area contributed by atoms with E-state index in [0.717, 1.165) is 35.1 Å². The maximum absolute atomic E-state index is 13.0. The Labute approximate surface area is 164 Å². The highest BCUT2D eigenvalue weighted by atomic mass is 19.4. The maximum atomic E-state index is 13.0. The number of aromatic nitrogens is 2. The van der Waals surface area contributed by atoms with Gasteiger partial charge in [0.15, 0.2) is 0 Å². The fraction of sp³-hybridized carbons (Fsp3) is 0.190. The van der Waals surface area contributed by atoms with Crippen molar-refractivity contribution in [3.63, 3.8) is 0 Å². The number of nitrogens with zero attached hydrogens (tertiary/aromatic N) is 3. The van der Waals surface area contributed by atoms with Gasteiger partial charge in [-0.2, -0.15) is 13.2 Å². The molecule has 0 unspecified atom stereocenters. The Kier molecular flexibility index (Phi) is 4.70. The van der Waals surface area contributed by atoms with Gasteiger partial charge in [0.2, 0.25) is 5.88 Å². The van der Waals surface area contributed by atoms with Gasteiger partial charge in [0.25, 0.3) is 5.91 Å². The first-order valence-electron chi connectivity index (χ1n) is 8.89. The number of anilines is 1. The Morgan fingerprint density at radius 1 is 1.10 bits per heavy atom. The van der Waals surface area contributed by atoms with Gasteiger partial charge in [-0.1, -0.05) is 6.07 Å². The second kappa shape index (κ2) is 7.20. The second-order valence-electron chi connectivity index (χ2n) is 6.67. The van der Waals surface area contributed by atoms with Gasteiger partial charge in [-0.15, -0.1) is 0 Å². The minimum atomic E-state index is -4.49. The number of hydrogen-bond acceptors (Lipinski definition) is 4. The molecule has 0 radical (unpaired) electrons. The molecule has 29 heavy (non-hydrogen) atoms. The largest absolute Gasteiger partial charge is 0.439 e. The van der Waals surface area contributed by atoms with E-state index < -0.39 is 11.7 Å². The van der Waals surface area contributed by atoms with Crippen LogP contribution in [0.4, 0.5) is 18.9 Å². The normalized spacial score (nSPS) is 13.9. The number of benzene rings is 1. The number of carbonyl (C=O) groups excluding carboxylic acids is 1. The number of hydrogen-bond donors (Lipinski definition) is 0. The zero-order chi connectivity index (χ0) is 20.6. The molecule has 0 spiro atoms. The van der Waals surface area contributed by atoms with Crippen molar-refractivity contribution in [1.29, 1.82) is 0 Å². The average Bonchev–Trinajstić information content (AvgIpc) is 2.69. The van der Waals surface area contributed by atoms with Crippen LogP contribution < -0.4 is 9.64 Å². The number of pyridine rings is 2. The molecule has 1 aliphatic heterocycles. The lowest BCUT2D eigenvalue weighted by molar-refractivity contribution is -0.137. The standard InChI is InChI=1S/C21H16F3N3O2/c1-13-4-7-25-12-18(13)27-9-6-14-2-3-16(11-17(14)20(27)28)29-19-10-15(5-8-26-19)21(22,23)24/h2-5,7-8,10-12H,6,9H2,1H3. The third-order valence-electron chi connectivity index (χ3n) is 4.75. The molecule has 2 aromatic heterocycles. The molecule has 0 aliphatic carbocycles. The van der Waals surface area contributed by atoms with Crippen LogP contribution in [0, 0.1) is 6.92 Å². The molecule has 1 amide bonds. The summed E-state index contributed by atoms with van der Waals surface area (Å²) in [7, 11) is 0. The zero-order valence-corrected chi connectivity index (χ0v) is 15.4. The van der Waals surface area contributed by atoms with Crippen molar-refractivity contribution in [2.24, 2.45) is 0 Å². The topological polar surface area (TPSA) is 55.3 Å². The summed E-state index contributed by atoms with van der Waals surface area (Å²) in [6, 6.07) is 8.45. The molecule has 1 aliphatic rings. The van der Waals surface area contributed by atoms with E-state index in [4.69, 9.17) is 4.74 Å².